The van der Waals surface area contributed by atoms with Crippen molar-refractivity contribution in [1.29, 1.82) is 0 Å². The minimum absolute atomic E-state index is 0. The summed E-state index contributed by atoms with van der Waals surface area (Å²) in [5, 5.41) is 0. The molecule has 6 nitrogen and oxygen atoms in total. The number of hydrogen-bond acceptors (Lipinski definition) is 4. The van der Waals surface area contributed by atoms with Gasteiger partial charge in [-0.05, 0) is 52.7 Å². The second kappa shape index (κ2) is 18.8. The van der Waals surface area contributed by atoms with Crippen molar-refractivity contribution in [3.63, 3.8) is 0 Å². The molecule has 2 aliphatic rings. The van der Waals surface area contributed by atoms with Crippen molar-refractivity contribution < 1.29 is 17.1 Å². The molecule has 2 rings (SSSR count). The van der Waals surface area contributed by atoms with E-state index in [-0.39, 0.29) is 17.1 Å². The van der Waals surface area contributed by atoms with Gasteiger partial charge in [0.25, 0.3) is 0 Å². The molecule has 2 atom stereocenters. The van der Waals surface area contributed by atoms with Gasteiger partial charge in [-0.3, -0.25) is 0 Å². The molecule has 2 heterocycles. The molecule has 0 fully saturated rings. The maximum absolute atomic E-state index is 4.82. The van der Waals surface area contributed by atoms with Crippen LogP contribution >= 0.6 is 45.2 Å². The van der Waals surface area contributed by atoms with E-state index in [1.165, 1.54) is 0 Å². The Morgan fingerprint density at radius 2 is 0.757 bits per heavy atom. The van der Waals surface area contributed by atoms with E-state index >= 15 is 0 Å². The Balaban J connectivity index is -0.000000413. The Morgan fingerprint density at radius 3 is 0.811 bits per heavy atom. The maximum Gasteiger partial charge on any atom is 0.0515 e. The van der Waals surface area contributed by atoms with E-state index < -0.39 is 32.9 Å². The molecule has 13 heteroatoms. The van der Waals surface area contributed by atoms with Gasteiger partial charge in [-0.1, -0.05) is 157 Å². The van der Waals surface area contributed by atoms with E-state index in [0.717, 1.165) is 0 Å². The Kier molecular flexibility index (Phi) is 21.8. The monoisotopic (exact) mass is 849 g/mol. The Bertz CT molecular complexity index is 578. The van der Waals surface area contributed by atoms with Gasteiger partial charge in [-0.15, -0.1) is 0 Å². The van der Waals surface area contributed by atoms with Gasteiger partial charge in [0.1, 0.15) is 0 Å². The maximum atomic E-state index is 4.82. The van der Waals surface area contributed by atoms with Crippen molar-refractivity contribution in [1.82, 2.24) is 19.6 Å². The van der Waals surface area contributed by atoms with Gasteiger partial charge in [-0.25, -0.2) is 0 Å². The normalized spacial score (nSPS) is 17.1. The van der Waals surface area contributed by atoms with Gasteiger partial charge in [-0.2, -0.15) is 13.3 Å². The van der Waals surface area contributed by atoms with Crippen molar-refractivity contribution in [2.24, 2.45) is 0 Å². The standard InChI is InChI=1S/2C6H10IN2.2C6H18NSi2.Mn/c2*1-6(7)9-4-3-8(2)5-9;2*1-8(2,3)7-9(4,5)6;/h2*3-6H,1-2H3;2*1-6H3;/q4*-1;. The molecule has 0 aliphatic carbocycles. The Morgan fingerprint density at radius 1 is 0.541 bits per heavy atom. The largest absolute Gasteiger partial charge is 0.668 e. The summed E-state index contributed by atoms with van der Waals surface area (Å²) in [5.41, 5.74) is 0. The zero-order chi connectivity index (χ0) is 29.1. The first-order chi connectivity index (χ1) is 15.8. The SMILES string of the molecule is CC(I)N1C=CN(C)[CH-]1.CC(I)N1C=CN(C)[CH-]1.C[Si](C)(C)[N-][Si](C)(C)C.C[Si](C)(C)[N-][Si](C)(C)C.[Mn]. The van der Waals surface area contributed by atoms with Crippen LogP contribution in [0, 0.1) is 13.3 Å². The van der Waals surface area contributed by atoms with Crippen LogP contribution in [0.2, 0.25) is 78.6 Å². The first-order valence-corrected chi connectivity index (χ1v) is 28.9. The van der Waals surface area contributed by atoms with Crippen LogP contribution in [0.4, 0.5) is 0 Å². The molecule has 37 heavy (non-hydrogen) atoms. The number of hydrogen-bond donors (Lipinski definition) is 0. The first kappa shape index (κ1) is 42.9. The van der Waals surface area contributed by atoms with Crippen molar-refractivity contribution in [3.8, 4) is 0 Å². The summed E-state index contributed by atoms with van der Waals surface area (Å²) in [6, 6.07) is 0. The van der Waals surface area contributed by atoms with Crippen molar-refractivity contribution in [2.75, 3.05) is 14.1 Å². The molecular formula is C24H56I2MnN6Si4-4. The quantitative estimate of drug-likeness (QED) is 0.0880. The van der Waals surface area contributed by atoms with Gasteiger partial charge in [0.05, 0.1) is 8.10 Å². The fourth-order valence-electron chi connectivity index (χ4n) is 3.37. The van der Waals surface area contributed by atoms with Crippen LogP contribution in [0.1, 0.15) is 13.8 Å². The Hall–Kier alpha value is 1.45. The third kappa shape index (κ3) is 30.2. The van der Waals surface area contributed by atoms with Crippen LogP contribution in [-0.2, 0) is 17.1 Å². The van der Waals surface area contributed by atoms with Gasteiger partial charge >= 0.3 is 0 Å². The molecule has 0 aromatic carbocycles. The van der Waals surface area contributed by atoms with Crippen molar-refractivity contribution in [2.45, 2.75) is 101 Å². The number of rotatable bonds is 6. The average molecular weight is 850 g/mol. The predicted molar refractivity (Wildman–Crippen MR) is 193 cm³/mol. The molecule has 0 aromatic rings. The number of nitrogens with zero attached hydrogens (tertiary/aromatic N) is 6. The minimum Gasteiger partial charge on any atom is -0.668 e. The summed E-state index contributed by atoms with van der Waals surface area (Å²) >= 11 is 4.74. The summed E-state index contributed by atoms with van der Waals surface area (Å²) in [6.45, 7) is 36.0. The molecule has 0 aromatic heterocycles. The third-order valence-corrected chi connectivity index (χ3v) is 15.8. The molecule has 2 aliphatic heterocycles. The van der Waals surface area contributed by atoms with E-state index in [1.807, 2.05) is 36.3 Å². The summed E-state index contributed by atoms with van der Waals surface area (Å²) in [4.78, 5) is 8.38. The van der Waals surface area contributed by atoms with Gasteiger partial charge < -0.3 is 28.9 Å². The molecule has 2 unspecified atom stereocenters. The number of alkyl halides is 2. The van der Waals surface area contributed by atoms with Gasteiger partial charge in [0.15, 0.2) is 0 Å². The average Bonchev–Trinajstić information content (AvgIpc) is 3.18. The molecule has 0 amide bonds. The second-order valence-corrected chi connectivity index (χ2v) is 35.9. The van der Waals surface area contributed by atoms with Gasteiger partial charge in [0, 0.05) is 17.1 Å². The molecule has 0 N–H and O–H groups in total. The summed E-state index contributed by atoms with van der Waals surface area (Å²) < 4.78 is 10.7. The molecule has 223 valence electrons. The van der Waals surface area contributed by atoms with Crippen LogP contribution in [0.3, 0.4) is 0 Å². The van der Waals surface area contributed by atoms with E-state index in [9.17, 15) is 0 Å². The fraction of sp³-hybridized carbons (Fsp3) is 0.750. The van der Waals surface area contributed by atoms with Crippen LogP contribution in [0.25, 0.3) is 9.30 Å². The van der Waals surface area contributed by atoms with E-state index in [0.29, 0.717) is 8.10 Å². The molecule has 0 bridgehead atoms. The molecule has 1 radical (unpaired) electrons. The zero-order valence-corrected chi connectivity index (χ0v) is 35.9. The van der Waals surface area contributed by atoms with Crippen LogP contribution < -0.4 is 0 Å². The smallest absolute Gasteiger partial charge is 0.0515 e. The van der Waals surface area contributed by atoms with Crippen molar-refractivity contribution in [3.05, 3.63) is 47.4 Å². The summed E-state index contributed by atoms with van der Waals surface area (Å²) in [7, 11) is -0.377. The summed E-state index contributed by atoms with van der Waals surface area (Å²) in [5.74, 6) is 0. The van der Waals surface area contributed by atoms with Crippen LogP contribution in [-0.4, -0.2) is 74.7 Å². The second-order valence-electron chi connectivity index (χ2n) is 13.1. The van der Waals surface area contributed by atoms with Gasteiger partial charge in [0.2, 0.25) is 0 Å². The van der Waals surface area contributed by atoms with E-state index in [4.69, 9.17) is 9.30 Å². The first-order valence-electron chi connectivity index (χ1n) is 12.6. The molecule has 0 saturated carbocycles. The van der Waals surface area contributed by atoms with E-state index in [1.54, 1.807) is 0 Å². The predicted octanol–water partition coefficient (Wildman–Crippen LogP) is 9.27. The van der Waals surface area contributed by atoms with Crippen LogP contribution in [0.5, 0.6) is 0 Å². The molecule has 0 spiro atoms. The molecule has 0 saturated heterocycles. The minimum atomic E-state index is -1.11. The van der Waals surface area contributed by atoms with Crippen LogP contribution in [0.15, 0.2) is 24.8 Å². The zero-order valence-electron chi connectivity index (χ0n) is 26.4. The van der Waals surface area contributed by atoms with Crippen molar-refractivity contribution >= 4 is 78.1 Å². The van der Waals surface area contributed by atoms with E-state index in [2.05, 4.69) is 173 Å². The Labute approximate surface area is 274 Å². The third-order valence-electron chi connectivity index (χ3n) is 3.74. The topological polar surface area (TPSA) is 41.2 Å². The summed E-state index contributed by atoms with van der Waals surface area (Å²) in [6.07, 6.45) is 8.21. The molecular weight excluding hydrogens is 793 g/mol. The number of halogens is 2. The fourth-order valence-corrected chi connectivity index (χ4v) is 20.1.